The van der Waals surface area contributed by atoms with Gasteiger partial charge in [0.25, 0.3) is 11.8 Å². The number of carboxylic acids is 1. The minimum absolute atomic E-state index is 0.0173. The number of oxime groups is 1. The smallest absolute Gasteiger partial charge is 0.352 e. The van der Waals surface area contributed by atoms with Gasteiger partial charge in [-0.05, 0) is 13.2 Å². The number of fused-ring (bicyclic) bond motifs is 1. The molecule has 0 bridgehead atoms. The van der Waals surface area contributed by atoms with Gasteiger partial charge in [-0.25, -0.2) is 9.36 Å². The molecule has 2 atom stereocenters. The third-order valence-corrected chi connectivity index (χ3v) is 7.79. The average molecular weight is 537 g/mol. The Kier molecular flexibility index (Phi) is 7.57. The number of hydrogen-bond acceptors (Lipinski definition) is 11. The molecule has 0 radical (unpaired) electrons. The lowest BCUT2D eigenvalue weighted by atomic mass is 10.0. The number of hydrogen-bond donors (Lipinski definition) is 3. The molecule has 4 heterocycles. The van der Waals surface area contributed by atoms with Crippen LogP contribution in [0.3, 0.4) is 0 Å². The van der Waals surface area contributed by atoms with Crippen LogP contribution in [0.2, 0.25) is 0 Å². The zero-order chi connectivity index (χ0) is 25.1. The largest absolute Gasteiger partial charge is 0.477 e. The number of nitrogens with two attached hydrogens (primary N) is 1. The zero-order valence-corrected chi connectivity index (χ0v) is 21.2. The molecular weight excluding hydrogens is 514 g/mol. The van der Waals surface area contributed by atoms with Gasteiger partial charge in [0.05, 0.1) is 0 Å². The molecule has 0 aliphatic carbocycles. The summed E-state index contributed by atoms with van der Waals surface area (Å²) in [7, 11) is 0. The Morgan fingerprint density at radius 2 is 2.17 bits per heavy atom. The van der Waals surface area contributed by atoms with Gasteiger partial charge in [-0.2, -0.15) is 9.36 Å². The van der Waals surface area contributed by atoms with Crippen LogP contribution in [-0.2, 0) is 25.8 Å². The molecule has 12 nitrogen and oxygen atoms in total. The fourth-order valence-electron chi connectivity index (χ4n) is 3.56. The van der Waals surface area contributed by atoms with E-state index in [2.05, 4.69) is 19.8 Å². The Bertz CT molecular complexity index is 1210. The number of nitrogen functional groups attached to an aromatic ring is 1. The quantitative estimate of drug-likeness (QED) is 0.134. The topological polar surface area (TPSA) is 164 Å². The summed E-state index contributed by atoms with van der Waals surface area (Å²) in [6, 6.07) is 2.95. The molecule has 4 N–H and O–H groups in total. The molecule has 0 spiro atoms. The Morgan fingerprint density at radius 3 is 2.77 bits per heavy atom. The molecule has 2 aromatic heterocycles. The van der Waals surface area contributed by atoms with Crippen LogP contribution >= 0.6 is 35.1 Å². The second-order valence-electron chi connectivity index (χ2n) is 7.34. The van der Waals surface area contributed by atoms with Crippen LogP contribution in [0.4, 0.5) is 5.13 Å². The summed E-state index contributed by atoms with van der Waals surface area (Å²) < 4.78 is 5.85. The van der Waals surface area contributed by atoms with Gasteiger partial charge in [0.15, 0.2) is 24.1 Å². The number of nitrogens with zero attached hydrogens (tertiary/aromatic N) is 5. The van der Waals surface area contributed by atoms with Crippen molar-refractivity contribution in [1.29, 1.82) is 0 Å². The van der Waals surface area contributed by atoms with Crippen LogP contribution in [0.25, 0.3) is 0 Å². The van der Waals surface area contributed by atoms with Crippen molar-refractivity contribution >= 4 is 63.7 Å². The summed E-state index contributed by atoms with van der Waals surface area (Å²) in [6.45, 7) is 2.23. The van der Waals surface area contributed by atoms with E-state index >= 15 is 0 Å². The summed E-state index contributed by atoms with van der Waals surface area (Å²) in [6.07, 6.45) is 5.71. The van der Waals surface area contributed by atoms with Crippen LogP contribution in [-0.4, -0.2) is 72.9 Å². The number of carboxylic acid groups (broad SMARTS) is 1. The van der Waals surface area contributed by atoms with Crippen molar-refractivity contribution in [2.24, 2.45) is 5.16 Å². The van der Waals surface area contributed by atoms with E-state index in [0.29, 0.717) is 17.9 Å². The molecule has 1 unspecified atom stereocenters. The highest BCUT2D eigenvalue weighted by atomic mass is 32.2. The first kappa shape index (κ1) is 24.9. The van der Waals surface area contributed by atoms with Crippen LogP contribution < -0.4 is 15.6 Å². The second-order valence-corrected chi connectivity index (χ2v) is 10.1. The minimum Gasteiger partial charge on any atom is -0.477 e. The standard InChI is InChI=1S/C20H21N7O5S3/c1-3-32-24-12(15-23-20(21)35-25-15)16(28)22-13-17(29)27-14(19(30)31)10(9-34-18(13)27)8-26-6-4-11(33-2)5-7-26/h4-7,13,18H,3,8-9H2,1-2H3,(H3-,21,22,23,25,28,30,31)/p+1/t13?,18-/m0/s1. The fraction of sp³-hybridized carbons (Fsp3) is 0.350. The van der Waals surface area contributed by atoms with Crippen molar-refractivity contribution in [3.05, 3.63) is 41.6 Å². The average Bonchev–Trinajstić information content (AvgIpc) is 3.28. The van der Waals surface area contributed by atoms with E-state index in [0.717, 1.165) is 16.4 Å². The second kappa shape index (κ2) is 10.6. The van der Waals surface area contributed by atoms with Gasteiger partial charge < -0.3 is 21.0 Å². The van der Waals surface area contributed by atoms with Crippen molar-refractivity contribution in [3.8, 4) is 0 Å². The summed E-state index contributed by atoms with van der Waals surface area (Å²) in [5, 5.41) is 15.9. The molecule has 2 aliphatic heterocycles. The number of anilines is 1. The first-order valence-electron chi connectivity index (χ1n) is 10.4. The number of pyridine rings is 1. The minimum atomic E-state index is -1.19. The number of β-lactam (4-membered cyclic amide) rings is 1. The number of carbonyl (C=O) groups excluding carboxylic acids is 2. The highest BCUT2D eigenvalue weighted by molar-refractivity contribution is 8.00. The molecule has 2 aromatic rings. The van der Waals surface area contributed by atoms with E-state index in [9.17, 15) is 19.5 Å². The SMILES string of the molecule is CCON=C(C(=O)NC1C(=O)N2C(C(=O)O)=C(C[n+]3ccc(SC)cc3)CS[C@@H]12)c1nsc(N)n1. The van der Waals surface area contributed by atoms with Gasteiger partial charge in [-0.3, -0.25) is 14.5 Å². The van der Waals surface area contributed by atoms with Gasteiger partial charge in [0, 0.05) is 39.9 Å². The van der Waals surface area contributed by atoms with E-state index in [1.54, 1.807) is 18.7 Å². The van der Waals surface area contributed by atoms with Crippen molar-refractivity contribution in [2.45, 2.75) is 29.8 Å². The summed E-state index contributed by atoms with van der Waals surface area (Å²) in [4.78, 5) is 49.3. The number of aliphatic carboxylic acids is 1. The fourth-order valence-corrected chi connectivity index (χ4v) is 5.73. The Labute approximate surface area is 212 Å². The van der Waals surface area contributed by atoms with Gasteiger partial charge in [-0.15, -0.1) is 23.5 Å². The lowest BCUT2D eigenvalue weighted by molar-refractivity contribution is -0.689. The predicted octanol–water partition coefficient (Wildman–Crippen LogP) is 0.309. The number of thioether (sulfide) groups is 2. The van der Waals surface area contributed by atoms with Crippen LogP contribution in [0.1, 0.15) is 12.7 Å². The van der Waals surface area contributed by atoms with E-state index in [4.69, 9.17) is 10.6 Å². The molecule has 15 heteroatoms. The van der Waals surface area contributed by atoms with Crippen LogP contribution in [0, 0.1) is 0 Å². The molecule has 0 aromatic carbocycles. The lowest BCUT2D eigenvalue weighted by Gasteiger charge is -2.49. The first-order valence-corrected chi connectivity index (χ1v) is 13.4. The summed E-state index contributed by atoms with van der Waals surface area (Å²) >= 11 is 3.89. The molecule has 184 valence electrons. The van der Waals surface area contributed by atoms with Crippen molar-refractivity contribution < 1.29 is 28.9 Å². The van der Waals surface area contributed by atoms with Gasteiger partial charge in [0.2, 0.25) is 11.5 Å². The molecule has 35 heavy (non-hydrogen) atoms. The lowest BCUT2D eigenvalue weighted by Crippen LogP contribution is -2.71. The molecule has 1 fully saturated rings. The highest BCUT2D eigenvalue weighted by Gasteiger charge is 2.54. The maximum absolute atomic E-state index is 13.0. The van der Waals surface area contributed by atoms with E-state index in [1.807, 2.05) is 35.3 Å². The van der Waals surface area contributed by atoms with Gasteiger partial charge >= 0.3 is 5.97 Å². The van der Waals surface area contributed by atoms with Crippen molar-refractivity contribution in [2.75, 3.05) is 24.3 Å². The predicted molar refractivity (Wildman–Crippen MR) is 131 cm³/mol. The number of aromatic nitrogens is 3. The molecule has 2 aliphatic rings. The Balaban J connectivity index is 1.52. The van der Waals surface area contributed by atoms with Gasteiger partial charge in [0.1, 0.15) is 23.7 Å². The number of nitrogens with one attached hydrogen (secondary N) is 1. The molecule has 2 amide bonds. The van der Waals surface area contributed by atoms with Crippen molar-refractivity contribution in [3.63, 3.8) is 0 Å². The molecular formula is C20H22N7O5S3+. The van der Waals surface area contributed by atoms with Crippen LogP contribution in [0.15, 0.2) is 45.8 Å². The highest BCUT2D eigenvalue weighted by Crippen LogP contribution is 2.40. The van der Waals surface area contributed by atoms with Crippen LogP contribution in [0.5, 0.6) is 0 Å². The number of carbonyl (C=O) groups is 3. The summed E-state index contributed by atoms with van der Waals surface area (Å²) in [5.41, 5.74) is 5.95. The monoisotopic (exact) mass is 536 g/mol. The maximum Gasteiger partial charge on any atom is 0.352 e. The van der Waals surface area contributed by atoms with Gasteiger partial charge in [-0.1, -0.05) is 5.16 Å². The number of rotatable bonds is 9. The molecule has 0 saturated carbocycles. The number of amides is 2. The Hall–Kier alpha value is -3.17. The van der Waals surface area contributed by atoms with Crippen molar-refractivity contribution in [1.82, 2.24) is 19.6 Å². The molecule has 1 saturated heterocycles. The summed E-state index contributed by atoms with van der Waals surface area (Å²) in [5.74, 6) is -2.05. The Morgan fingerprint density at radius 1 is 1.43 bits per heavy atom. The third-order valence-electron chi connectivity index (χ3n) is 5.16. The van der Waals surface area contributed by atoms with E-state index in [-0.39, 0.29) is 29.0 Å². The maximum atomic E-state index is 13.0. The third kappa shape index (κ3) is 5.11. The normalized spacial score (nSPS) is 19.8. The van der Waals surface area contributed by atoms with E-state index in [1.165, 1.54) is 16.7 Å². The van der Waals surface area contributed by atoms with E-state index < -0.39 is 29.2 Å². The first-order chi connectivity index (χ1) is 16.8. The molecule has 4 rings (SSSR count). The zero-order valence-electron chi connectivity index (χ0n) is 18.7.